The smallest absolute Gasteiger partial charge is 0.252 e. The van der Waals surface area contributed by atoms with E-state index < -0.39 is 0 Å². The lowest BCUT2D eigenvalue weighted by Gasteiger charge is -2.46. The lowest BCUT2D eigenvalue weighted by atomic mass is 9.33. The Bertz CT molecular complexity index is 6210. The summed E-state index contributed by atoms with van der Waals surface area (Å²) >= 11 is 0. The van der Waals surface area contributed by atoms with E-state index in [1.165, 1.54) is 109 Å². The number of hydrogen-bond acceptors (Lipinski definition) is 2. The molecule has 103 heavy (non-hydrogen) atoms. The highest BCUT2D eigenvalue weighted by molar-refractivity contribution is 7.00. The van der Waals surface area contributed by atoms with E-state index >= 15 is 0 Å². The molecular weight excluding hydrogens is 1240 g/mol. The van der Waals surface area contributed by atoms with Crippen LogP contribution in [0.3, 0.4) is 0 Å². The molecule has 19 aromatic rings. The largest absolute Gasteiger partial charge is 0.310 e. The van der Waals surface area contributed by atoms with Crippen LogP contribution in [0, 0.1) is 0 Å². The second-order valence-corrected chi connectivity index (χ2v) is 29.1. The number of para-hydroxylation sites is 2. The van der Waals surface area contributed by atoms with Crippen molar-refractivity contribution in [1.29, 1.82) is 0 Å². The maximum Gasteiger partial charge on any atom is 0.252 e. The Morgan fingerprint density at radius 3 is 0.961 bits per heavy atom. The molecule has 0 saturated carbocycles. The van der Waals surface area contributed by atoms with E-state index in [2.05, 4.69) is 392 Å². The number of hydrogen-bond donors (Lipinski definition) is 0. The lowest BCUT2D eigenvalue weighted by molar-refractivity contribution is 0.590. The maximum atomic E-state index is 2.71. The van der Waals surface area contributed by atoms with Crippen LogP contribution in [0.2, 0.25) is 0 Å². The van der Waals surface area contributed by atoms with Gasteiger partial charge in [-0.1, -0.05) is 312 Å². The summed E-state index contributed by atoms with van der Waals surface area (Å²) in [6.07, 6.45) is 0. The summed E-state index contributed by atoms with van der Waals surface area (Å²) in [5, 5.41) is 14.6. The van der Waals surface area contributed by atoms with Crippen LogP contribution in [0.25, 0.3) is 143 Å². The quantitative estimate of drug-likeness (QED) is 0.141. The maximum absolute atomic E-state index is 2.71. The zero-order valence-corrected chi connectivity index (χ0v) is 57.4. The summed E-state index contributed by atoms with van der Waals surface area (Å²) < 4.78 is 5.16. The van der Waals surface area contributed by atoms with E-state index in [-0.39, 0.29) is 12.1 Å². The molecule has 0 bridgehead atoms. The number of rotatable bonds is 8. The topological polar surface area (TPSA) is 16.3 Å². The average molecular weight is 1310 g/mol. The average Bonchev–Trinajstić information content (AvgIpc) is 0.997. The van der Waals surface area contributed by atoms with E-state index in [1.54, 1.807) is 0 Å². The Balaban J connectivity index is 0.938. The fourth-order valence-electron chi connectivity index (χ4n) is 17.6. The molecule has 2 aromatic heterocycles. The Morgan fingerprint density at radius 1 is 0.252 bits per heavy atom. The molecule has 4 heterocycles. The van der Waals surface area contributed by atoms with E-state index in [9.17, 15) is 0 Å². The highest BCUT2D eigenvalue weighted by Gasteiger charge is 2.46. The predicted octanol–water partition coefficient (Wildman–Crippen LogP) is 24.5. The Morgan fingerprint density at radius 2 is 0.592 bits per heavy atom. The van der Waals surface area contributed by atoms with Crippen LogP contribution < -0.4 is 26.2 Å². The van der Waals surface area contributed by atoms with E-state index in [4.69, 9.17) is 0 Å². The minimum atomic E-state index is -0.329. The van der Waals surface area contributed by atoms with Gasteiger partial charge < -0.3 is 18.9 Å². The summed E-state index contributed by atoms with van der Waals surface area (Å²) in [7, 11) is 0. The van der Waals surface area contributed by atoms with Crippen LogP contribution >= 0.6 is 0 Å². The van der Waals surface area contributed by atoms with Crippen LogP contribution in [-0.2, 0) is 5.41 Å². The normalized spacial score (nSPS) is 12.7. The number of nitrogens with zero attached hydrogens (tertiary/aromatic N) is 4. The molecule has 0 radical (unpaired) electrons. The van der Waals surface area contributed by atoms with Gasteiger partial charge in [-0.15, -0.1) is 0 Å². The summed E-state index contributed by atoms with van der Waals surface area (Å²) in [6, 6.07) is 133. The molecule has 5 heteroatoms. The summed E-state index contributed by atoms with van der Waals surface area (Å²) in [4.78, 5) is 5.42. The molecule has 0 aliphatic carbocycles. The van der Waals surface area contributed by atoms with Crippen molar-refractivity contribution in [3.63, 3.8) is 0 Å². The Labute approximate surface area is 598 Å². The van der Waals surface area contributed by atoms with E-state index in [1.807, 2.05) is 0 Å². The molecule has 0 fully saturated rings. The monoisotopic (exact) mass is 1310 g/mol. The van der Waals surface area contributed by atoms with Crippen molar-refractivity contribution in [2.24, 2.45) is 0 Å². The van der Waals surface area contributed by atoms with Gasteiger partial charge in [-0.3, -0.25) is 0 Å². The third kappa shape index (κ3) is 9.05. The molecule has 0 amide bonds. The first-order chi connectivity index (χ1) is 50.8. The second kappa shape index (κ2) is 22.8. The van der Waals surface area contributed by atoms with Gasteiger partial charge in [0.2, 0.25) is 0 Å². The summed E-state index contributed by atoms with van der Waals surface area (Å²) in [5.74, 6) is 0. The standard InChI is InChI=1S/C98H67BN4/c1-98(2,3)72-58-91-93-92(59-72)103(95-79(64-30-12-6-13-31-64)44-25-45-80(95)65-32-14-7-15-33-65)90-61-74(101-88-57-71-39-19-17-37-69(71)55-84(88)82-51-47-67-35-21-23-41-76(67)97(82)101)49-53-86(90)99(93)85-52-48-73(60-89(85)102(91)94-77(62-26-8-4-9-27-62)42-24-43-78(94)63-28-10-5-11-29-63)100-87-56-70-38-18-16-36-68(70)54-83(87)81-50-46-66-34-20-22-40-75(66)96(81)100/h4-61H,1-3H3. The van der Waals surface area contributed by atoms with Gasteiger partial charge in [0.1, 0.15) is 0 Å². The Hall–Kier alpha value is -13.0. The summed E-state index contributed by atoms with van der Waals surface area (Å²) in [6.45, 7) is 6.93. The first-order valence-corrected chi connectivity index (χ1v) is 36.0. The van der Waals surface area contributed by atoms with Crippen molar-refractivity contribution in [2.75, 3.05) is 9.80 Å². The van der Waals surface area contributed by atoms with E-state index in [0.717, 1.165) is 90.0 Å². The zero-order chi connectivity index (χ0) is 68.2. The van der Waals surface area contributed by atoms with Crippen molar-refractivity contribution in [1.82, 2.24) is 9.13 Å². The number of benzene rings is 17. The van der Waals surface area contributed by atoms with Crippen molar-refractivity contribution in [3.05, 3.63) is 357 Å². The molecule has 0 N–H and O–H groups in total. The molecule has 17 aromatic carbocycles. The predicted molar refractivity (Wildman–Crippen MR) is 440 cm³/mol. The first-order valence-electron chi connectivity index (χ1n) is 36.0. The van der Waals surface area contributed by atoms with Gasteiger partial charge in [0.25, 0.3) is 6.71 Å². The van der Waals surface area contributed by atoms with Gasteiger partial charge in [0.15, 0.2) is 0 Å². The van der Waals surface area contributed by atoms with Crippen molar-refractivity contribution in [2.45, 2.75) is 26.2 Å². The van der Waals surface area contributed by atoms with Crippen LogP contribution in [0.15, 0.2) is 352 Å². The minimum absolute atomic E-state index is 0.251. The van der Waals surface area contributed by atoms with Gasteiger partial charge in [0, 0.05) is 88.7 Å². The third-order valence-corrected chi connectivity index (χ3v) is 22.3. The lowest BCUT2D eigenvalue weighted by Crippen LogP contribution is -2.61. The van der Waals surface area contributed by atoms with Crippen LogP contribution in [0.4, 0.5) is 34.1 Å². The molecular formula is C98H67BN4. The second-order valence-electron chi connectivity index (χ2n) is 29.1. The molecule has 2 aliphatic rings. The molecule has 0 saturated heterocycles. The fraction of sp³-hybridized carbons (Fsp3) is 0.0408. The zero-order valence-electron chi connectivity index (χ0n) is 57.4. The fourth-order valence-corrected chi connectivity index (χ4v) is 17.6. The molecule has 2 aliphatic heterocycles. The van der Waals surface area contributed by atoms with Gasteiger partial charge in [0.05, 0.1) is 33.4 Å². The number of fused-ring (bicyclic) bond motifs is 16. The molecule has 0 atom stereocenters. The van der Waals surface area contributed by atoms with Gasteiger partial charge in [-0.05, 0) is 143 Å². The molecule has 0 spiro atoms. The van der Waals surface area contributed by atoms with Gasteiger partial charge in [-0.25, -0.2) is 0 Å². The summed E-state index contributed by atoms with van der Waals surface area (Å²) in [5.41, 5.74) is 27.5. The van der Waals surface area contributed by atoms with Crippen LogP contribution in [0.1, 0.15) is 26.3 Å². The van der Waals surface area contributed by atoms with E-state index in [0.29, 0.717) is 0 Å². The highest BCUT2D eigenvalue weighted by Crippen LogP contribution is 2.55. The number of anilines is 6. The third-order valence-electron chi connectivity index (χ3n) is 22.3. The van der Waals surface area contributed by atoms with Crippen molar-refractivity contribution < 1.29 is 0 Å². The number of aromatic nitrogens is 2. The van der Waals surface area contributed by atoms with Crippen molar-refractivity contribution >= 4 is 144 Å². The Kier molecular flexibility index (Phi) is 13.0. The van der Waals surface area contributed by atoms with Gasteiger partial charge >= 0.3 is 0 Å². The SMILES string of the molecule is CC(C)(C)c1cc2c3c(c1)N(c1c(-c4ccccc4)cccc1-c1ccccc1)c1cc(-n4c5cc6ccccc6cc5c5ccc6ccccc6c54)ccc1B3c1ccc(-n3c4cc5ccccc5cc4c4ccc5ccccc5c43)cc1N2c1c(-c2ccccc2)cccc1-c1ccccc1. The molecule has 482 valence electrons. The minimum Gasteiger partial charge on any atom is -0.310 e. The first kappa shape index (κ1) is 59.0. The highest BCUT2D eigenvalue weighted by atomic mass is 15.2. The molecule has 21 rings (SSSR count). The molecule has 0 unspecified atom stereocenters. The van der Waals surface area contributed by atoms with Crippen LogP contribution in [-0.4, -0.2) is 15.8 Å². The molecule has 4 nitrogen and oxygen atoms in total. The van der Waals surface area contributed by atoms with Crippen LogP contribution in [0.5, 0.6) is 0 Å². The van der Waals surface area contributed by atoms with Gasteiger partial charge in [-0.2, -0.15) is 0 Å². The van der Waals surface area contributed by atoms with Crippen molar-refractivity contribution in [3.8, 4) is 55.9 Å².